The predicted octanol–water partition coefficient (Wildman–Crippen LogP) is 3.92. The number of rotatable bonds is 8. The molecule has 0 aromatic rings. The number of hydrogen-bond donors (Lipinski definition) is 0. The summed E-state index contributed by atoms with van der Waals surface area (Å²) in [4.78, 5) is 58.4. The first kappa shape index (κ1) is 34.2. The zero-order valence-corrected chi connectivity index (χ0v) is 23.9. The second kappa shape index (κ2) is 12.5. The molecule has 0 aromatic heterocycles. The standard InChI is InChI=1S/C15H21F3O6.C11H18O4/c1-6-13(2,3)11(20)24-14(4,5)12(21)23-9-8(15(16,17)18)7-22-10(9)19;1-5-11(3,4)10(13)15-8-6-14-9(12)7(8)2/h8-9H,6-7H2,1-5H3;7-8H,5-6H2,1-4H3. The highest BCUT2D eigenvalue weighted by molar-refractivity contribution is 5.87. The van der Waals surface area contributed by atoms with E-state index < -0.39 is 65.2 Å². The highest BCUT2D eigenvalue weighted by Gasteiger charge is 2.56. The summed E-state index contributed by atoms with van der Waals surface area (Å²) in [6, 6.07) is 0. The third-order valence-corrected chi connectivity index (χ3v) is 6.95. The molecule has 0 bridgehead atoms. The minimum atomic E-state index is -4.76. The van der Waals surface area contributed by atoms with E-state index in [0.29, 0.717) is 12.8 Å². The molecule has 0 radical (unpaired) electrons. The quantitative estimate of drug-likeness (QED) is 0.314. The van der Waals surface area contributed by atoms with Crippen LogP contribution < -0.4 is 0 Å². The van der Waals surface area contributed by atoms with Gasteiger partial charge in [-0.25, -0.2) is 9.59 Å². The van der Waals surface area contributed by atoms with Crippen LogP contribution in [0.5, 0.6) is 0 Å². The summed E-state index contributed by atoms with van der Waals surface area (Å²) in [5, 5.41) is 0. The van der Waals surface area contributed by atoms with Crippen LogP contribution >= 0.6 is 0 Å². The molecular formula is C26H39F3O10. The largest absolute Gasteiger partial charge is 0.462 e. The van der Waals surface area contributed by atoms with Crippen LogP contribution in [-0.2, 0) is 47.7 Å². The van der Waals surface area contributed by atoms with Crippen molar-refractivity contribution in [2.45, 2.75) is 99.1 Å². The number of hydrogen-bond acceptors (Lipinski definition) is 10. The number of esters is 5. The van der Waals surface area contributed by atoms with E-state index in [1.807, 2.05) is 20.8 Å². The molecule has 2 rings (SSSR count). The summed E-state index contributed by atoms with van der Waals surface area (Å²) in [5.74, 6) is -6.37. The Morgan fingerprint density at radius 1 is 0.795 bits per heavy atom. The molecule has 224 valence electrons. The topological polar surface area (TPSA) is 132 Å². The Morgan fingerprint density at radius 2 is 1.28 bits per heavy atom. The van der Waals surface area contributed by atoms with E-state index in [2.05, 4.69) is 9.47 Å². The summed E-state index contributed by atoms with van der Waals surface area (Å²) in [6.07, 6.45) is -6.14. The van der Waals surface area contributed by atoms with E-state index in [1.54, 1.807) is 27.7 Å². The number of halogens is 3. The van der Waals surface area contributed by atoms with E-state index in [0.717, 1.165) is 0 Å². The molecule has 2 fully saturated rings. The molecule has 2 saturated heterocycles. The third kappa shape index (κ3) is 8.82. The minimum absolute atomic E-state index is 0.186. The van der Waals surface area contributed by atoms with Crippen LogP contribution in [0.1, 0.15) is 75.2 Å². The molecule has 4 atom stereocenters. The Kier molecular flexibility index (Phi) is 11.0. The van der Waals surface area contributed by atoms with E-state index in [1.165, 1.54) is 13.8 Å². The molecule has 10 nitrogen and oxygen atoms in total. The lowest BCUT2D eigenvalue weighted by atomic mass is 9.90. The average Bonchev–Trinajstić information content (AvgIpc) is 3.35. The van der Waals surface area contributed by atoms with Gasteiger partial charge in [-0.1, -0.05) is 13.8 Å². The molecule has 0 aromatic carbocycles. The maximum Gasteiger partial charge on any atom is 0.399 e. The second-order valence-electron chi connectivity index (χ2n) is 11.3. The van der Waals surface area contributed by atoms with Gasteiger partial charge < -0.3 is 23.7 Å². The van der Waals surface area contributed by atoms with E-state index in [9.17, 15) is 37.1 Å². The smallest absolute Gasteiger partial charge is 0.399 e. The molecular weight excluding hydrogens is 529 g/mol. The lowest BCUT2D eigenvalue weighted by Crippen LogP contribution is -2.46. The third-order valence-electron chi connectivity index (χ3n) is 6.95. The zero-order chi connectivity index (χ0) is 30.6. The molecule has 2 aliphatic heterocycles. The van der Waals surface area contributed by atoms with Crippen molar-refractivity contribution < 1.29 is 60.8 Å². The van der Waals surface area contributed by atoms with Crippen molar-refractivity contribution in [3.05, 3.63) is 0 Å². The van der Waals surface area contributed by atoms with Crippen LogP contribution in [0.3, 0.4) is 0 Å². The van der Waals surface area contributed by atoms with Gasteiger partial charge in [-0.2, -0.15) is 13.2 Å². The average molecular weight is 569 g/mol. The molecule has 0 amide bonds. The zero-order valence-electron chi connectivity index (χ0n) is 23.9. The summed E-state index contributed by atoms with van der Waals surface area (Å²) in [5.41, 5.74) is -3.22. The molecule has 0 saturated carbocycles. The normalized spacial score (nSPS) is 23.7. The van der Waals surface area contributed by atoms with Crippen LogP contribution in [0.4, 0.5) is 13.2 Å². The molecule has 13 heteroatoms. The van der Waals surface area contributed by atoms with Gasteiger partial charge in [-0.05, 0) is 61.3 Å². The molecule has 0 N–H and O–H groups in total. The van der Waals surface area contributed by atoms with E-state index >= 15 is 0 Å². The van der Waals surface area contributed by atoms with Gasteiger partial charge in [0.1, 0.15) is 25.2 Å². The van der Waals surface area contributed by atoms with Crippen molar-refractivity contribution >= 4 is 29.8 Å². The van der Waals surface area contributed by atoms with Gasteiger partial charge in [-0.15, -0.1) is 0 Å². The number of carbonyl (C=O) groups excluding carboxylic acids is 5. The van der Waals surface area contributed by atoms with Crippen molar-refractivity contribution in [3.8, 4) is 0 Å². The lowest BCUT2D eigenvalue weighted by molar-refractivity contribution is -0.209. The lowest BCUT2D eigenvalue weighted by Gasteiger charge is -2.30. The molecule has 2 aliphatic rings. The summed E-state index contributed by atoms with van der Waals surface area (Å²) in [7, 11) is 0. The summed E-state index contributed by atoms with van der Waals surface area (Å²) >= 11 is 0. The van der Waals surface area contributed by atoms with Crippen molar-refractivity contribution in [1.29, 1.82) is 0 Å². The number of alkyl halides is 3. The molecule has 0 aliphatic carbocycles. The van der Waals surface area contributed by atoms with Crippen LogP contribution in [0.2, 0.25) is 0 Å². The number of carbonyl (C=O) groups is 5. The summed E-state index contributed by atoms with van der Waals surface area (Å²) in [6.45, 7) is 13.9. The van der Waals surface area contributed by atoms with Crippen LogP contribution in [0.15, 0.2) is 0 Å². The Morgan fingerprint density at radius 3 is 1.72 bits per heavy atom. The minimum Gasteiger partial charge on any atom is -0.462 e. The van der Waals surface area contributed by atoms with Crippen molar-refractivity contribution in [2.24, 2.45) is 22.7 Å². The highest BCUT2D eigenvalue weighted by Crippen LogP contribution is 2.36. The van der Waals surface area contributed by atoms with Crippen molar-refractivity contribution in [3.63, 3.8) is 0 Å². The molecule has 4 unspecified atom stereocenters. The Bertz CT molecular complexity index is 939. The van der Waals surface area contributed by atoms with Gasteiger partial charge >= 0.3 is 36.0 Å². The van der Waals surface area contributed by atoms with Crippen LogP contribution in [-0.4, -0.2) is 67.0 Å². The van der Waals surface area contributed by atoms with Gasteiger partial charge in [-0.3, -0.25) is 14.4 Å². The van der Waals surface area contributed by atoms with Crippen LogP contribution in [0, 0.1) is 22.7 Å². The first-order valence-electron chi connectivity index (χ1n) is 12.7. The van der Waals surface area contributed by atoms with Gasteiger partial charge in [0, 0.05) is 0 Å². The fraction of sp³-hybridized carbons (Fsp3) is 0.808. The number of ether oxygens (including phenoxy) is 5. The fourth-order valence-corrected chi connectivity index (χ4v) is 2.88. The van der Waals surface area contributed by atoms with Crippen molar-refractivity contribution in [1.82, 2.24) is 0 Å². The summed E-state index contributed by atoms with van der Waals surface area (Å²) < 4.78 is 62.6. The number of cyclic esters (lactones) is 2. The predicted molar refractivity (Wildman–Crippen MR) is 129 cm³/mol. The Hall–Kier alpha value is -2.86. The monoisotopic (exact) mass is 568 g/mol. The first-order chi connectivity index (χ1) is 17.6. The Labute approximate surface area is 226 Å². The first-order valence-corrected chi connectivity index (χ1v) is 12.7. The van der Waals surface area contributed by atoms with E-state index in [-0.39, 0.29) is 24.5 Å². The van der Waals surface area contributed by atoms with Gasteiger partial charge in [0.05, 0.1) is 16.7 Å². The SMILES string of the molecule is CCC(C)(C)C(=O)OC(C)(C)C(=O)OC1C(=O)OCC1C(F)(F)F.CCC(C)(C)C(=O)OC1COC(=O)C1C. The maximum absolute atomic E-state index is 12.8. The molecule has 2 heterocycles. The molecule has 0 spiro atoms. The van der Waals surface area contributed by atoms with E-state index in [4.69, 9.17) is 14.2 Å². The van der Waals surface area contributed by atoms with Gasteiger partial charge in [0.25, 0.3) is 0 Å². The maximum atomic E-state index is 12.8. The van der Waals surface area contributed by atoms with Gasteiger partial charge in [0.2, 0.25) is 11.7 Å². The van der Waals surface area contributed by atoms with Crippen molar-refractivity contribution in [2.75, 3.05) is 13.2 Å². The Balaban J connectivity index is 0.000000434. The fourth-order valence-electron chi connectivity index (χ4n) is 2.88. The highest BCUT2D eigenvalue weighted by atomic mass is 19.4. The van der Waals surface area contributed by atoms with Crippen LogP contribution in [0.25, 0.3) is 0 Å². The second-order valence-corrected chi connectivity index (χ2v) is 11.3. The van der Waals surface area contributed by atoms with Gasteiger partial charge in [0.15, 0.2) is 0 Å². The molecule has 39 heavy (non-hydrogen) atoms.